The molecule has 4 rings (SSSR count). The molecular weight excluding hydrogens is 574 g/mol. The second-order valence-corrected chi connectivity index (χ2v) is 13.4. The summed E-state index contributed by atoms with van der Waals surface area (Å²) >= 11 is 0. The third-order valence-electron chi connectivity index (χ3n) is 8.82. The van der Waals surface area contributed by atoms with Crippen LogP contribution in [0.2, 0.25) is 0 Å². The van der Waals surface area contributed by atoms with E-state index in [9.17, 15) is 14.4 Å². The number of amides is 2. The highest BCUT2D eigenvalue weighted by molar-refractivity contribution is 5.93. The molecular formula is C39H49N3O4. The van der Waals surface area contributed by atoms with Gasteiger partial charge in [-0.1, -0.05) is 90.5 Å². The highest BCUT2D eigenvalue weighted by atomic mass is 16.5. The van der Waals surface area contributed by atoms with Crippen molar-refractivity contribution in [2.45, 2.75) is 71.4 Å². The molecule has 0 radical (unpaired) electrons. The fraction of sp³-hybridized carbons (Fsp3) is 0.410. The molecule has 3 aromatic rings. The fourth-order valence-electron chi connectivity index (χ4n) is 6.40. The molecule has 7 nitrogen and oxygen atoms in total. The van der Waals surface area contributed by atoms with Crippen molar-refractivity contribution in [3.8, 4) is 11.1 Å². The average Bonchev–Trinajstić information content (AvgIpc) is 3.03. The third kappa shape index (κ3) is 9.16. The van der Waals surface area contributed by atoms with Crippen LogP contribution in [0, 0.1) is 5.41 Å². The molecule has 0 aliphatic carbocycles. The van der Waals surface area contributed by atoms with E-state index >= 15 is 0 Å². The second kappa shape index (κ2) is 15.4. The molecule has 1 aliphatic heterocycles. The Morgan fingerprint density at radius 2 is 1.48 bits per heavy atom. The SMILES string of the molecule is CCOC(=O)C1(Cc2ccccc2)CCN(C(=O)[C@@H](Cc2ccc(-c3ccccc3)cc2)N(C)C(=O)C=C(C)CC(C)(C)N)CC1. The van der Waals surface area contributed by atoms with Gasteiger partial charge in [0.2, 0.25) is 11.8 Å². The molecule has 3 aromatic carbocycles. The number of carbonyl (C=O) groups excluding carboxylic acids is 3. The smallest absolute Gasteiger partial charge is 0.312 e. The Labute approximate surface area is 274 Å². The van der Waals surface area contributed by atoms with Crippen molar-refractivity contribution >= 4 is 17.8 Å². The molecule has 2 N–H and O–H groups in total. The number of nitrogens with two attached hydrogens (primary N) is 1. The molecule has 0 aromatic heterocycles. The lowest BCUT2D eigenvalue weighted by Crippen LogP contribution is -2.54. The maximum atomic E-state index is 14.3. The molecule has 1 aliphatic rings. The van der Waals surface area contributed by atoms with Crippen LogP contribution >= 0.6 is 0 Å². The monoisotopic (exact) mass is 623 g/mol. The zero-order valence-electron chi connectivity index (χ0n) is 28.0. The van der Waals surface area contributed by atoms with Crippen LogP contribution in [0.15, 0.2) is 96.6 Å². The van der Waals surface area contributed by atoms with Crippen molar-refractivity contribution in [2.24, 2.45) is 11.1 Å². The molecule has 0 bridgehead atoms. The Morgan fingerprint density at radius 3 is 2.04 bits per heavy atom. The molecule has 1 fully saturated rings. The number of hydrogen-bond donors (Lipinski definition) is 1. The molecule has 0 saturated carbocycles. The third-order valence-corrected chi connectivity index (χ3v) is 8.82. The second-order valence-electron chi connectivity index (χ2n) is 13.4. The first-order valence-electron chi connectivity index (χ1n) is 16.3. The summed E-state index contributed by atoms with van der Waals surface area (Å²) in [5.41, 5.74) is 10.1. The number of esters is 1. The van der Waals surface area contributed by atoms with Gasteiger partial charge in [-0.05, 0) is 75.6 Å². The van der Waals surface area contributed by atoms with Crippen molar-refractivity contribution in [1.82, 2.24) is 9.80 Å². The van der Waals surface area contributed by atoms with Crippen LogP contribution in [-0.4, -0.2) is 65.9 Å². The Morgan fingerprint density at radius 1 is 0.913 bits per heavy atom. The number of ether oxygens (including phenoxy) is 1. The van der Waals surface area contributed by atoms with Crippen LogP contribution < -0.4 is 5.73 Å². The van der Waals surface area contributed by atoms with Crippen molar-refractivity contribution in [3.63, 3.8) is 0 Å². The van der Waals surface area contributed by atoms with Gasteiger partial charge in [-0.2, -0.15) is 0 Å². The first kappa shape index (κ1) is 34.6. The predicted molar refractivity (Wildman–Crippen MR) is 184 cm³/mol. The molecule has 1 saturated heterocycles. The van der Waals surface area contributed by atoms with E-state index < -0.39 is 17.0 Å². The molecule has 244 valence electrons. The first-order chi connectivity index (χ1) is 21.9. The summed E-state index contributed by atoms with van der Waals surface area (Å²) in [6.07, 6.45) is 4.08. The zero-order valence-corrected chi connectivity index (χ0v) is 28.0. The fourth-order valence-corrected chi connectivity index (χ4v) is 6.40. The van der Waals surface area contributed by atoms with E-state index in [4.69, 9.17) is 10.5 Å². The van der Waals surface area contributed by atoms with Crippen LogP contribution in [0.5, 0.6) is 0 Å². The molecule has 7 heteroatoms. The molecule has 2 amide bonds. The van der Waals surface area contributed by atoms with Gasteiger partial charge in [-0.15, -0.1) is 0 Å². The van der Waals surface area contributed by atoms with Gasteiger partial charge in [-0.3, -0.25) is 14.4 Å². The quantitative estimate of drug-likeness (QED) is 0.191. The van der Waals surface area contributed by atoms with E-state index in [-0.39, 0.29) is 17.8 Å². The van der Waals surface area contributed by atoms with Gasteiger partial charge in [0.15, 0.2) is 0 Å². The van der Waals surface area contributed by atoms with Crippen LogP contribution in [0.25, 0.3) is 11.1 Å². The highest BCUT2D eigenvalue weighted by Crippen LogP contribution is 2.37. The lowest BCUT2D eigenvalue weighted by atomic mass is 9.73. The summed E-state index contributed by atoms with van der Waals surface area (Å²) in [7, 11) is 1.70. The number of nitrogens with zero attached hydrogens (tertiary/aromatic N) is 2. The maximum absolute atomic E-state index is 14.3. The van der Waals surface area contributed by atoms with Crippen molar-refractivity contribution in [1.29, 1.82) is 0 Å². The van der Waals surface area contributed by atoms with Gasteiger partial charge in [0, 0.05) is 38.2 Å². The lowest BCUT2D eigenvalue weighted by molar-refractivity contribution is -0.161. The number of hydrogen-bond acceptors (Lipinski definition) is 5. The van der Waals surface area contributed by atoms with Gasteiger partial charge in [0.05, 0.1) is 12.0 Å². The minimum Gasteiger partial charge on any atom is -0.466 e. The summed E-state index contributed by atoms with van der Waals surface area (Å²) < 4.78 is 5.55. The average molecular weight is 624 g/mol. The van der Waals surface area contributed by atoms with E-state index in [0.717, 1.165) is 27.8 Å². The minimum absolute atomic E-state index is 0.120. The summed E-state index contributed by atoms with van der Waals surface area (Å²) in [4.78, 5) is 44.5. The van der Waals surface area contributed by atoms with Gasteiger partial charge in [0.1, 0.15) is 6.04 Å². The topological polar surface area (TPSA) is 92.9 Å². The predicted octanol–water partition coefficient (Wildman–Crippen LogP) is 6.21. The Kier molecular flexibility index (Phi) is 11.6. The molecule has 0 unspecified atom stereocenters. The first-order valence-corrected chi connectivity index (χ1v) is 16.3. The van der Waals surface area contributed by atoms with E-state index in [2.05, 4.69) is 24.3 Å². The van der Waals surface area contributed by atoms with Crippen molar-refractivity contribution < 1.29 is 19.1 Å². The van der Waals surface area contributed by atoms with Crippen LogP contribution in [0.4, 0.5) is 0 Å². The van der Waals surface area contributed by atoms with Crippen LogP contribution in [0.3, 0.4) is 0 Å². The van der Waals surface area contributed by atoms with Gasteiger partial charge in [0.25, 0.3) is 0 Å². The van der Waals surface area contributed by atoms with E-state index in [1.165, 1.54) is 0 Å². The summed E-state index contributed by atoms with van der Waals surface area (Å²) in [5, 5.41) is 0. The van der Waals surface area contributed by atoms with Crippen LogP contribution in [-0.2, 0) is 32.0 Å². The lowest BCUT2D eigenvalue weighted by Gasteiger charge is -2.42. The number of likely N-dealkylation sites (tertiary alicyclic amines) is 1. The van der Waals surface area contributed by atoms with Crippen molar-refractivity contribution in [3.05, 3.63) is 108 Å². The van der Waals surface area contributed by atoms with Gasteiger partial charge >= 0.3 is 5.97 Å². The zero-order chi connectivity index (χ0) is 33.3. The number of rotatable bonds is 12. The van der Waals surface area contributed by atoms with Gasteiger partial charge in [-0.25, -0.2) is 0 Å². The number of carbonyl (C=O) groups is 3. The normalized spacial score (nSPS) is 15.6. The largest absolute Gasteiger partial charge is 0.466 e. The van der Waals surface area contributed by atoms with E-state index in [0.29, 0.717) is 51.8 Å². The van der Waals surface area contributed by atoms with E-state index in [1.807, 2.05) is 93.3 Å². The Balaban J connectivity index is 1.57. The Bertz CT molecular complexity index is 1490. The number of likely N-dealkylation sites (N-methyl/N-ethyl adjacent to an activating group) is 1. The van der Waals surface area contributed by atoms with Gasteiger partial charge < -0.3 is 20.3 Å². The van der Waals surface area contributed by atoms with Crippen molar-refractivity contribution in [2.75, 3.05) is 26.7 Å². The molecule has 1 atom stereocenters. The summed E-state index contributed by atoms with van der Waals surface area (Å²) in [5.74, 6) is -0.565. The standard InChI is InChI=1S/C39H49N3O4/c1-6-46-37(45)39(28-31-13-9-7-10-14-31)21-23-42(24-22-39)36(44)34(41(5)35(43)25-29(2)27-38(3,4)40)26-30-17-19-33(20-18-30)32-15-11-8-12-16-32/h7-20,25,34H,6,21-24,26-28,40H2,1-5H3/t34-/m1/s1. The minimum atomic E-state index is -0.714. The summed E-state index contributed by atoms with van der Waals surface area (Å²) in [6, 6.07) is 27.6. The van der Waals surface area contributed by atoms with Crippen LogP contribution in [0.1, 0.15) is 58.1 Å². The highest BCUT2D eigenvalue weighted by Gasteiger charge is 2.44. The summed E-state index contributed by atoms with van der Waals surface area (Å²) in [6.45, 7) is 8.69. The maximum Gasteiger partial charge on any atom is 0.312 e. The van der Waals surface area contributed by atoms with E-state index in [1.54, 1.807) is 18.0 Å². The molecule has 1 heterocycles. The molecule has 46 heavy (non-hydrogen) atoms. The number of piperidine rings is 1. The molecule has 0 spiro atoms. The number of benzene rings is 3. The Hall–Kier alpha value is -4.23.